The highest BCUT2D eigenvalue weighted by Crippen LogP contribution is 2.56. The van der Waals surface area contributed by atoms with Crippen molar-refractivity contribution in [1.29, 1.82) is 0 Å². The van der Waals surface area contributed by atoms with Crippen molar-refractivity contribution in [2.75, 3.05) is 33.2 Å². The van der Waals surface area contributed by atoms with E-state index in [1.807, 2.05) is 56.9 Å². The van der Waals surface area contributed by atoms with Gasteiger partial charge < -0.3 is 20.0 Å². The first kappa shape index (κ1) is 23.1. The van der Waals surface area contributed by atoms with Gasteiger partial charge in [0.25, 0.3) is 5.91 Å². The summed E-state index contributed by atoms with van der Waals surface area (Å²) < 4.78 is -0.463. The number of fused-ring (bicyclic) bond motifs is 3. The van der Waals surface area contributed by atoms with Crippen molar-refractivity contribution in [1.82, 2.24) is 20.0 Å². The van der Waals surface area contributed by atoms with Crippen LogP contribution in [0.4, 0.5) is 0 Å². The van der Waals surface area contributed by atoms with Gasteiger partial charge in [0.05, 0.1) is 0 Å². The predicted octanol–water partition coefficient (Wildman–Crippen LogP) is 2.34. The van der Waals surface area contributed by atoms with Crippen LogP contribution in [-0.2, 0) is 9.59 Å². The Balaban J connectivity index is 1.56. The number of benzene rings is 1. The SMILES string of the molecule is CC[C@@H](C)[C@H](NC(=O)[C@H]1N2C(=O)c3ccccc3[C@@H]2SC1(C)C)C(=O)N1CCN(C)CC1. The third-order valence-electron chi connectivity index (χ3n) is 7.14. The van der Waals surface area contributed by atoms with Gasteiger partial charge in [-0.15, -0.1) is 11.8 Å². The third kappa shape index (κ3) is 3.92. The van der Waals surface area contributed by atoms with Crippen LogP contribution in [0, 0.1) is 5.92 Å². The lowest BCUT2D eigenvalue weighted by molar-refractivity contribution is -0.140. The molecule has 0 spiro atoms. The predicted molar refractivity (Wildman–Crippen MR) is 126 cm³/mol. The number of likely N-dealkylation sites (N-methyl/N-ethyl adjacent to an activating group) is 1. The summed E-state index contributed by atoms with van der Waals surface area (Å²) in [4.78, 5) is 46.1. The van der Waals surface area contributed by atoms with Crippen molar-refractivity contribution in [3.05, 3.63) is 35.4 Å². The molecule has 3 aliphatic rings. The van der Waals surface area contributed by atoms with Gasteiger partial charge in [0.1, 0.15) is 17.5 Å². The van der Waals surface area contributed by atoms with E-state index in [4.69, 9.17) is 0 Å². The highest BCUT2D eigenvalue weighted by molar-refractivity contribution is 8.01. The van der Waals surface area contributed by atoms with Gasteiger partial charge in [-0.3, -0.25) is 14.4 Å². The average molecular weight is 459 g/mol. The van der Waals surface area contributed by atoms with Crippen molar-refractivity contribution in [3.63, 3.8) is 0 Å². The van der Waals surface area contributed by atoms with Crippen LogP contribution in [0.5, 0.6) is 0 Å². The normalized spacial score (nSPS) is 26.5. The fourth-order valence-electron chi connectivity index (χ4n) is 4.94. The molecule has 0 bridgehead atoms. The van der Waals surface area contributed by atoms with E-state index < -0.39 is 16.8 Å². The van der Waals surface area contributed by atoms with Crippen molar-refractivity contribution in [2.24, 2.45) is 5.92 Å². The van der Waals surface area contributed by atoms with E-state index in [9.17, 15) is 14.4 Å². The molecule has 0 radical (unpaired) electrons. The van der Waals surface area contributed by atoms with E-state index in [1.165, 1.54) is 0 Å². The van der Waals surface area contributed by atoms with Gasteiger partial charge in [-0.25, -0.2) is 0 Å². The molecule has 0 saturated carbocycles. The van der Waals surface area contributed by atoms with Crippen molar-refractivity contribution < 1.29 is 14.4 Å². The topological polar surface area (TPSA) is 73.0 Å². The van der Waals surface area contributed by atoms with Crippen molar-refractivity contribution in [3.8, 4) is 0 Å². The highest BCUT2D eigenvalue weighted by atomic mass is 32.2. The molecule has 0 unspecified atom stereocenters. The molecule has 2 saturated heterocycles. The summed E-state index contributed by atoms with van der Waals surface area (Å²) in [7, 11) is 2.05. The minimum atomic E-state index is -0.635. The summed E-state index contributed by atoms with van der Waals surface area (Å²) in [5.41, 5.74) is 1.64. The van der Waals surface area contributed by atoms with Crippen LogP contribution < -0.4 is 5.32 Å². The lowest BCUT2D eigenvalue weighted by Gasteiger charge is -2.37. The lowest BCUT2D eigenvalue weighted by Crippen LogP contribution is -2.60. The molecule has 2 fully saturated rings. The quantitative estimate of drug-likeness (QED) is 0.733. The van der Waals surface area contributed by atoms with E-state index in [0.717, 1.165) is 25.1 Å². The number of amides is 3. The summed E-state index contributed by atoms with van der Waals surface area (Å²) in [6, 6.07) is 6.37. The fourth-order valence-corrected chi connectivity index (χ4v) is 6.53. The number of carbonyl (C=O) groups excluding carboxylic acids is 3. The summed E-state index contributed by atoms with van der Waals surface area (Å²) in [5.74, 6) is -0.351. The van der Waals surface area contributed by atoms with Crippen LogP contribution in [0.2, 0.25) is 0 Å². The van der Waals surface area contributed by atoms with Crippen LogP contribution in [-0.4, -0.2) is 82.5 Å². The summed E-state index contributed by atoms with van der Waals surface area (Å²) >= 11 is 1.64. The van der Waals surface area contributed by atoms with E-state index in [1.54, 1.807) is 16.7 Å². The monoisotopic (exact) mass is 458 g/mol. The van der Waals surface area contributed by atoms with Crippen LogP contribution in [0.3, 0.4) is 0 Å². The highest BCUT2D eigenvalue weighted by Gasteiger charge is 2.57. The van der Waals surface area contributed by atoms with Crippen LogP contribution in [0.15, 0.2) is 24.3 Å². The average Bonchev–Trinajstić information content (AvgIpc) is 3.20. The minimum absolute atomic E-state index is 0.00514. The Hall–Kier alpha value is -2.06. The maximum Gasteiger partial charge on any atom is 0.256 e. The second kappa shape index (κ2) is 8.71. The summed E-state index contributed by atoms with van der Waals surface area (Å²) in [6.45, 7) is 11.1. The molecule has 0 aromatic heterocycles. The number of piperazine rings is 1. The number of carbonyl (C=O) groups is 3. The maximum atomic E-state index is 13.7. The molecule has 8 heteroatoms. The largest absolute Gasteiger partial charge is 0.342 e. The molecule has 174 valence electrons. The molecule has 4 atom stereocenters. The van der Waals surface area contributed by atoms with Crippen LogP contribution in [0.25, 0.3) is 0 Å². The van der Waals surface area contributed by atoms with Crippen molar-refractivity contribution in [2.45, 2.75) is 56.3 Å². The minimum Gasteiger partial charge on any atom is -0.342 e. The second-order valence-corrected chi connectivity index (χ2v) is 11.5. The molecular formula is C24H34N4O3S. The van der Waals surface area contributed by atoms with E-state index in [-0.39, 0.29) is 29.0 Å². The Morgan fingerprint density at radius 1 is 1.19 bits per heavy atom. The molecule has 3 heterocycles. The van der Waals surface area contributed by atoms with Gasteiger partial charge in [-0.1, -0.05) is 38.5 Å². The Bertz CT molecular complexity index is 912. The molecule has 7 nitrogen and oxygen atoms in total. The summed E-state index contributed by atoms with van der Waals surface area (Å²) in [5, 5.41) is 2.92. The Morgan fingerprint density at radius 2 is 1.84 bits per heavy atom. The Morgan fingerprint density at radius 3 is 2.50 bits per heavy atom. The molecule has 1 aromatic carbocycles. The zero-order chi connectivity index (χ0) is 23.2. The fraction of sp³-hybridized carbons (Fsp3) is 0.625. The first-order valence-corrected chi connectivity index (χ1v) is 12.4. The molecule has 1 N–H and O–H groups in total. The molecule has 3 aliphatic heterocycles. The summed E-state index contributed by atoms with van der Waals surface area (Å²) in [6.07, 6.45) is 0.782. The van der Waals surface area contributed by atoms with Gasteiger partial charge in [-0.05, 0) is 38.4 Å². The molecule has 32 heavy (non-hydrogen) atoms. The smallest absolute Gasteiger partial charge is 0.256 e. The second-order valence-electron chi connectivity index (χ2n) is 9.78. The number of rotatable bonds is 5. The molecule has 1 aromatic rings. The van der Waals surface area contributed by atoms with Gasteiger partial charge in [0.2, 0.25) is 11.8 Å². The maximum absolute atomic E-state index is 13.7. The molecule has 4 rings (SSSR count). The first-order valence-electron chi connectivity index (χ1n) is 11.5. The zero-order valence-electron chi connectivity index (χ0n) is 19.6. The zero-order valence-corrected chi connectivity index (χ0v) is 20.4. The molecule has 0 aliphatic carbocycles. The number of thioether (sulfide) groups is 1. The standard InChI is InChI=1S/C24H34N4O3S/c1-6-15(2)18(22(31)27-13-11-26(5)12-14-27)25-20(29)19-24(3,4)32-23-17-10-8-7-9-16(17)21(30)28(19)23/h7-10,15,18-19,23H,6,11-14H2,1-5H3,(H,25,29)/t15-,18+,19-,23+/m1/s1. The van der Waals surface area contributed by atoms with Crippen LogP contribution in [0.1, 0.15) is 55.4 Å². The first-order chi connectivity index (χ1) is 15.2. The van der Waals surface area contributed by atoms with E-state index in [2.05, 4.69) is 17.3 Å². The Kier molecular flexibility index (Phi) is 6.29. The van der Waals surface area contributed by atoms with Gasteiger partial charge in [0.15, 0.2) is 0 Å². The molecular weight excluding hydrogens is 424 g/mol. The van der Waals surface area contributed by atoms with Crippen molar-refractivity contribution >= 4 is 29.5 Å². The number of nitrogens with one attached hydrogen (secondary N) is 1. The Labute approximate surface area is 194 Å². The van der Waals surface area contributed by atoms with Crippen LogP contribution >= 0.6 is 11.8 Å². The lowest BCUT2D eigenvalue weighted by atomic mass is 9.95. The number of nitrogens with zero attached hydrogens (tertiary/aromatic N) is 3. The number of hydrogen-bond acceptors (Lipinski definition) is 5. The molecule has 3 amide bonds. The number of hydrogen-bond donors (Lipinski definition) is 1. The van der Waals surface area contributed by atoms with Gasteiger partial charge in [-0.2, -0.15) is 0 Å². The third-order valence-corrected chi connectivity index (χ3v) is 8.67. The van der Waals surface area contributed by atoms with Gasteiger partial charge >= 0.3 is 0 Å². The van der Waals surface area contributed by atoms with E-state index >= 15 is 0 Å². The van der Waals surface area contributed by atoms with E-state index in [0.29, 0.717) is 18.7 Å². The van der Waals surface area contributed by atoms with Gasteiger partial charge in [0, 0.05) is 36.5 Å².